The molecule has 1 aliphatic rings. The van der Waals surface area contributed by atoms with E-state index in [-0.39, 0.29) is 5.56 Å². The van der Waals surface area contributed by atoms with Crippen LogP contribution in [0.3, 0.4) is 0 Å². The van der Waals surface area contributed by atoms with E-state index in [9.17, 15) is 13.9 Å². The molecule has 0 aliphatic carbocycles. The first-order valence-corrected chi connectivity index (χ1v) is 6.99. The molecular weight excluding hydrogens is 248 g/mol. The molecule has 1 aromatic carbocycles. The molecule has 0 radical (unpaired) electrons. The van der Waals surface area contributed by atoms with Crippen molar-refractivity contribution in [2.75, 3.05) is 13.1 Å². The highest BCUT2D eigenvalue weighted by atomic mass is 19.2. The summed E-state index contributed by atoms with van der Waals surface area (Å²) in [5, 5.41) is 10.0. The minimum absolute atomic E-state index is 0.0623. The van der Waals surface area contributed by atoms with Crippen LogP contribution in [0.5, 0.6) is 0 Å². The Hall–Kier alpha value is -1.00. The minimum Gasteiger partial charge on any atom is -0.388 e. The fraction of sp³-hybridized carbons (Fsp3) is 0.600. The van der Waals surface area contributed by atoms with E-state index in [1.807, 2.05) is 0 Å². The van der Waals surface area contributed by atoms with Crippen LogP contribution in [0, 0.1) is 11.6 Å². The van der Waals surface area contributed by atoms with E-state index in [4.69, 9.17) is 0 Å². The molecule has 1 fully saturated rings. The highest BCUT2D eigenvalue weighted by Gasteiger charge is 2.24. The van der Waals surface area contributed by atoms with E-state index in [0.717, 1.165) is 25.6 Å². The van der Waals surface area contributed by atoms with Gasteiger partial charge < -0.3 is 10.0 Å². The van der Waals surface area contributed by atoms with Gasteiger partial charge in [-0.25, -0.2) is 8.78 Å². The second-order valence-corrected chi connectivity index (χ2v) is 5.19. The van der Waals surface area contributed by atoms with E-state index in [2.05, 4.69) is 11.8 Å². The summed E-state index contributed by atoms with van der Waals surface area (Å²) >= 11 is 0. The van der Waals surface area contributed by atoms with Gasteiger partial charge in [-0.1, -0.05) is 19.1 Å². The van der Waals surface area contributed by atoms with E-state index < -0.39 is 17.7 Å². The molecule has 0 bridgehead atoms. The number of hydrogen-bond donors (Lipinski definition) is 1. The molecule has 1 saturated heterocycles. The van der Waals surface area contributed by atoms with Crippen LogP contribution < -0.4 is 0 Å². The average molecular weight is 269 g/mol. The van der Waals surface area contributed by atoms with Crippen LogP contribution in [-0.2, 0) is 0 Å². The van der Waals surface area contributed by atoms with Crippen LogP contribution in [0.1, 0.15) is 44.3 Å². The summed E-state index contributed by atoms with van der Waals surface area (Å²) in [6, 6.07) is 4.52. The molecule has 19 heavy (non-hydrogen) atoms. The Morgan fingerprint density at radius 2 is 2.21 bits per heavy atom. The van der Waals surface area contributed by atoms with Crippen molar-refractivity contribution in [2.24, 2.45) is 0 Å². The third-order valence-corrected chi connectivity index (χ3v) is 4.00. The first-order chi connectivity index (χ1) is 9.13. The first kappa shape index (κ1) is 14.4. The highest BCUT2D eigenvalue weighted by molar-refractivity contribution is 5.21. The van der Waals surface area contributed by atoms with E-state index in [1.165, 1.54) is 25.0 Å². The minimum atomic E-state index is -0.936. The van der Waals surface area contributed by atoms with Crippen molar-refractivity contribution >= 4 is 0 Å². The highest BCUT2D eigenvalue weighted by Crippen LogP contribution is 2.25. The SMILES string of the molecule is CCC1CCCN1CCC(O)c1cccc(F)c1F. The predicted octanol–water partition coefficient (Wildman–Crippen LogP) is 3.26. The Labute approximate surface area is 113 Å². The van der Waals surface area contributed by atoms with Gasteiger partial charge in [0.25, 0.3) is 0 Å². The van der Waals surface area contributed by atoms with Crippen LogP contribution in [0.2, 0.25) is 0 Å². The molecule has 1 aliphatic heterocycles. The van der Waals surface area contributed by atoms with Crippen molar-refractivity contribution in [1.29, 1.82) is 0 Å². The van der Waals surface area contributed by atoms with Gasteiger partial charge in [-0.3, -0.25) is 0 Å². The third-order valence-electron chi connectivity index (χ3n) is 4.00. The molecule has 1 N–H and O–H groups in total. The van der Waals surface area contributed by atoms with E-state index in [0.29, 0.717) is 12.5 Å². The Kier molecular flexibility index (Phi) is 4.88. The number of likely N-dealkylation sites (tertiary alicyclic amines) is 1. The van der Waals surface area contributed by atoms with Crippen molar-refractivity contribution in [3.8, 4) is 0 Å². The van der Waals surface area contributed by atoms with Gasteiger partial charge in [0.1, 0.15) is 0 Å². The number of aliphatic hydroxyl groups excluding tert-OH is 1. The zero-order valence-corrected chi connectivity index (χ0v) is 11.3. The Balaban J connectivity index is 1.94. The number of aliphatic hydroxyl groups is 1. The average Bonchev–Trinajstić information content (AvgIpc) is 2.86. The summed E-state index contributed by atoms with van der Waals surface area (Å²) < 4.78 is 26.6. The van der Waals surface area contributed by atoms with Crippen LogP contribution in [-0.4, -0.2) is 29.1 Å². The van der Waals surface area contributed by atoms with Gasteiger partial charge in [0.15, 0.2) is 11.6 Å². The fourth-order valence-electron chi connectivity index (χ4n) is 2.87. The number of rotatable bonds is 5. The predicted molar refractivity (Wildman–Crippen MR) is 70.8 cm³/mol. The van der Waals surface area contributed by atoms with E-state index >= 15 is 0 Å². The summed E-state index contributed by atoms with van der Waals surface area (Å²) in [6.45, 7) is 3.93. The Morgan fingerprint density at radius 3 is 2.95 bits per heavy atom. The number of nitrogens with zero attached hydrogens (tertiary/aromatic N) is 1. The number of halogens is 2. The summed E-state index contributed by atoms with van der Waals surface area (Å²) in [5.41, 5.74) is 0.0623. The van der Waals surface area contributed by atoms with Crippen molar-refractivity contribution in [1.82, 2.24) is 4.90 Å². The molecule has 2 unspecified atom stereocenters. The smallest absolute Gasteiger partial charge is 0.164 e. The van der Waals surface area contributed by atoms with Crippen LogP contribution >= 0.6 is 0 Å². The Bertz CT molecular complexity index is 425. The lowest BCUT2D eigenvalue weighted by molar-refractivity contribution is 0.133. The lowest BCUT2D eigenvalue weighted by Gasteiger charge is -2.24. The van der Waals surface area contributed by atoms with Crippen molar-refractivity contribution < 1.29 is 13.9 Å². The standard InChI is InChI=1S/C15H21F2NO/c1-2-11-5-4-9-18(11)10-8-14(19)12-6-3-7-13(16)15(12)17/h3,6-7,11,14,19H,2,4-5,8-10H2,1H3. The fourth-order valence-corrected chi connectivity index (χ4v) is 2.87. The molecule has 0 spiro atoms. The number of hydrogen-bond acceptors (Lipinski definition) is 2. The molecule has 0 amide bonds. The molecule has 2 rings (SSSR count). The molecule has 1 heterocycles. The van der Waals surface area contributed by atoms with Gasteiger partial charge in [-0.2, -0.15) is 0 Å². The Morgan fingerprint density at radius 1 is 1.42 bits per heavy atom. The summed E-state index contributed by atoms with van der Waals surface area (Å²) in [4.78, 5) is 2.33. The molecule has 0 saturated carbocycles. The maximum Gasteiger partial charge on any atom is 0.164 e. The summed E-state index contributed by atoms with van der Waals surface area (Å²) in [6.07, 6.45) is 2.99. The maximum absolute atomic E-state index is 13.5. The molecular formula is C15H21F2NO. The van der Waals surface area contributed by atoms with Gasteiger partial charge in [0.05, 0.1) is 6.10 Å². The molecule has 106 valence electrons. The van der Waals surface area contributed by atoms with Crippen LogP contribution in [0.4, 0.5) is 8.78 Å². The van der Waals surface area contributed by atoms with Crippen molar-refractivity contribution in [3.63, 3.8) is 0 Å². The van der Waals surface area contributed by atoms with Crippen LogP contribution in [0.15, 0.2) is 18.2 Å². The topological polar surface area (TPSA) is 23.5 Å². The van der Waals surface area contributed by atoms with E-state index in [1.54, 1.807) is 0 Å². The normalized spacial score (nSPS) is 21.8. The first-order valence-electron chi connectivity index (χ1n) is 6.99. The lowest BCUT2D eigenvalue weighted by Crippen LogP contribution is -2.30. The molecule has 4 heteroatoms. The molecule has 0 aromatic heterocycles. The zero-order chi connectivity index (χ0) is 13.8. The van der Waals surface area contributed by atoms with Crippen molar-refractivity contribution in [2.45, 2.75) is 44.8 Å². The summed E-state index contributed by atoms with van der Waals surface area (Å²) in [7, 11) is 0. The van der Waals surface area contributed by atoms with Crippen molar-refractivity contribution in [3.05, 3.63) is 35.4 Å². The second-order valence-electron chi connectivity index (χ2n) is 5.19. The molecule has 2 atom stereocenters. The van der Waals surface area contributed by atoms with Gasteiger partial charge in [-0.05, 0) is 38.3 Å². The monoisotopic (exact) mass is 269 g/mol. The summed E-state index contributed by atoms with van der Waals surface area (Å²) in [5.74, 6) is -1.83. The van der Waals surface area contributed by atoms with Gasteiger partial charge in [0.2, 0.25) is 0 Å². The lowest BCUT2D eigenvalue weighted by atomic mass is 10.0. The van der Waals surface area contributed by atoms with Gasteiger partial charge in [-0.15, -0.1) is 0 Å². The third kappa shape index (κ3) is 3.31. The number of benzene rings is 1. The molecule has 1 aromatic rings. The maximum atomic E-state index is 13.5. The van der Waals surface area contributed by atoms with Gasteiger partial charge in [0, 0.05) is 18.2 Å². The van der Waals surface area contributed by atoms with Gasteiger partial charge >= 0.3 is 0 Å². The van der Waals surface area contributed by atoms with Crippen LogP contribution in [0.25, 0.3) is 0 Å². The quantitative estimate of drug-likeness (QED) is 0.887. The molecule has 2 nitrogen and oxygen atoms in total. The largest absolute Gasteiger partial charge is 0.388 e. The zero-order valence-electron chi connectivity index (χ0n) is 11.3. The second kappa shape index (κ2) is 6.44.